The van der Waals surface area contributed by atoms with E-state index in [-0.39, 0.29) is 18.1 Å². The third-order valence-electron chi connectivity index (χ3n) is 3.84. The first-order valence-electron chi connectivity index (χ1n) is 8.30. The molecule has 1 amide bonds. The van der Waals surface area contributed by atoms with Crippen LogP contribution in [0.4, 0.5) is 5.13 Å². The van der Waals surface area contributed by atoms with Crippen molar-refractivity contribution in [1.29, 1.82) is 0 Å². The molecule has 0 aliphatic carbocycles. The summed E-state index contributed by atoms with van der Waals surface area (Å²) < 4.78 is 3.15. The van der Waals surface area contributed by atoms with Crippen molar-refractivity contribution in [3.8, 4) is 0 Å². The average Bonchev–Trinajstić information content (AvgIpc) is 3.10. The highest BCUT2D eigenvalue weighted by Gasteiger charge is 2.15. The van der Waals surface area contributed by atoms with Gasteiger partial charge in [-0.1, -0.05) is 37.3 Å². The van der Waals surface area contributed by atoms with Crippen LogP contribution in [0, 0.1) is 5.92 Å². The van der Waals surface area contributed by atoms with Gasteiger partial charge in [-0.2, -0.15) is 0 Å². The van der Waals surface area contributed by atoms with Crippen LogP contribution in [0.15, 0.2) is 29.1 Å². The summed E-state index contributed by atoms with van der Waals surface area (Å²) in [5.41, 5.74) is 1.40. The van der Waals surface area contributed by atoms with Crippen LogP contribution in [-0.2, 0) is 24.3 Å². The van der Waals surface area contributed by atoms with Crippen molar-refractivity contribution in [3.05, 3.63) is 39.8 Å². The second kappa shape index (κ2) is 7.18. The number of imidazole rings is 1. The smallest absolute Gasteiger partial charge is 0.299 e. The minimum absolute atomic E-state index is 0.0502. The number of aryl methyl sites for hydroxylation is 1. The summed E-state index contributed by atoms with van der Waals surface area (Å²) in [4.78, 5) is 24.9. The maximum absolute atomic E-state index is 12.6. The first-order chi connectivity index (χ1) is 12.0. The number of rotatable bonds is 6. The molecule has 0 unspecified atom stereocenters. The van der Waals surface area contributed by atoms with Gasteiger partial charge in [-0.05, 0) is 25.0 Å². The van der Waals surface area contributed by atoms with Crippen LogP contribution in [0.3, 0.4) is 0 Å². The predicted molar refractivity (Wildman–Crippen MR) is 99.0 cm³/mol. The molecule has 0 radical (unpaired) electrons. The highest BCUT2D eigenvalue weighted by molar-refractivity contribution is 7.15. The average molecular weight is 359 g/mol. The number of carbonyl (C=O) groups excluding carboxylic acids is 1. The van der Waals surface area contributed by atoms with E-state index in [1.807, 2.05) is 31.2 Å². The molecule has 0 bridgehead atoms. The van der Waals surface area contributed by atoms with Crippen molar-refractivity contribution in [3.63, 3.8) is 0 Å². The lowest BCUT2D eigenvalue weighted by atomic mass is 10.1. The minimum Gasteiger partial charge on any atom is -0.299 e. The summed E-state index contributed by atoms with van der Waals surface area (Å²) in [5.74, 6) is 0.198. The molecule has 0 aliphatic rings. The second-order valence-corrected chi connectivity index (χ2v) is 7.31. The number of nitrogens with one attached hydrogen (secondary N) is 1. The predicted octanol–water partition coefficient (Wildman–Crippen LogP) is 2.51. The molecule has 0 spiro atoms. The van der Waals surface area contributed by atoms with E-state index < -0.39 is 0 Å². The molecule has 0 saturated heterocycles. The molecule has 3 aromatic rings. The van der Waals surface area contributed by atoms with E-state index in [1.165, 1.54) is 15.9 Å². The normalized spacial score (nSPS) is 11.4. The maximum Gasteiger partial charge on any atom is 0.329 e. The lowest BCUT2D eigenvalue weighted by Crippen LogP contribution is -2.29. The summed E-state index contributed by atoms with van der Waals surface area (Å²) in [6.07, 6.45) is 0.830. The number of carbonyl (C=O) groups is 1. The van der Waals surface area contributed by atoms with Gasteiger partial charge >= 0.3 is 5.69 Å². The van der Waals surface area contributed by atoms with Crippen molar-refractivity contribution in [1.82, 2.24) is 19.3 Å². The molecule has 3 rings (SSSR count). The van der Waals surface area contributed by atoms with Gasteiger partial charge in [0.15, 0.2) is 0 Å². The van der Waals surface area contributed by atoms with Crippen LogP contribution >= 0.6 is 11.3 Å². The molecular formula is C17H21N5O2S. The number of anilines is 1. The minimum atomic E-state index is -0.284. The highest BCUT2D eigenvalue weighted by atomic mass is 32.1. The third kappa shape index (κ3) is 3.63. The van der Waals surface area contributed by atoms with Crippen molar-refractivity contribution >= 4 is 33.4 Å². The zero-order valence-corrected chi connectivity index (χ0v) is 15.3. The van der Waals surface area contributed by atoms with Crippen LogP contribution in [0.2, 0.25) is 0 Å². The summed E-state index contributed by atoms with van der Waals surface area (Å²) in [6, 6.07) is 7.48. The number of para-hydroxylation sites is 2. The number of amides is 1. The SMILES string of the molecule is CCn1c(=O)n(CC(=O)Nc2nnc(CC(C)C)s2)c2ccccc21. The van der Waals surface area contributed by atoms with E-state index in [0.717, 1.165) is 22.5 Å². The van der Waals surface area contributed by atoms with E-state index in [9.17, 15) is 9.59 Å². The van der Waals surface area contributed by atoms with E-state index in [4.69, 9.17) is 0 Å². The van der Waals surface area contributed by atoms with Crippen molar-refractivity contribution < 1.29 is 4.79 Å². The molecule has 2 aromatic heterocycles. The molecule has 0 atom stereocenters. The lowest BCUT2D eigenvalue weighted by Gasteiger charge is -2.03. The Morgan fingerprint density at radius 1 is 1.20 bits per heavy atom. The van der Waals surface area contributed by atoms with Crippen LogP contribution in [-0.4, -0.2) is 25.2 Å². The number of aromatic nitrogens is 4. The largest absolute Gasteiger partial charge is 0.329 e. The second-order valence-electron chi connectivity index (χ2n) is 6.25. The van der Waals surface area contributed by atoms with Gasteiger partial charge in [0.2, 0.25) is 11.0 Å². The van der Waals surface area contributed by atoms with Gasteiger partial charge in [0.25, 0.3) is 0 Å². The Bertz CT molecular complexity index is 954. The maximum atomic E-state index is 12.6. The molecule has 7 nitrogen and oxygen atoms in total. The standard InChI is InChI=1S/C17H21N5O2S/c1-4-21-12-7-5-6-8-13(12)22(17(21)24)10-14(23)18-16-20-19-15(25-16)9-11(2)3/h5-8,11H,4,9-10H2,1-3H3,(H,18,20,23). The fourth-order valence-corrected chi connectivity index (χ4v) is 3.74. The van der Waals surface area contributed by atoms with Gasteiger partial charge in [-0.25, -0.2) is 4.79 Å². The van der Waals surface area contributed by atoms with Gasteiger partial charge in [0.05, 0.1) is 11.0 Å². The summed E-state index contributed by atoms with van der Waals surface area (Å²) in [6.45, 7) is 6.63. The topological polar surface area (TPSA) is 81.8 Å². The molecule has 25 heavy (non-hydrogen) atoms. The molecule has 132 valence electrons. The molecular weight excluding hydrogens is 338 g/mol. The Morgan fingerprint density at radius 3 is 2.52 bits per heavy atom. The van der Waals surface area contributed by atoms with E-state index in [2.05, 4.69) is 29.4 Å². The molecule has 8 heteroatoms. The Balaban J connectivity index is 1.80. The zero-order valence-electron chi connectivity index (χ0n) is 14.5. The molecule has 0 saturated carbocycles. The summed E-state index contributed by atoms with van der Waals surface area (Å²) in [5, 5.41) is 12.2. The summed E-state index contributed by atoms with van der Waals surface area (Å²) >= 11 is 1.37. The molecule has 0 aliphatic heterocycles. The molecule has 2 heterocycles. The fraction of sp³-hybridized carbons (Fsp3) is 0.412. The number of nitrogens with zero attached hydrogens (tertiary/aromatic N) is 4. The van der Waals surface area contributed by atoms with Crippen LogP contribution in [0.25, 0.3) is 11.0 Å². The quantitative estimate of drug-likeness (QED) is 0.733. The van der Waals surface area contributed by atoms with Crippen molar-refractivity contribution in [2.75, 3.05) is 5.32 Å². The van der Waals surface area contributed by atoms with Gasteiger partial charge in [0, 0.05) is 13.0 Å². The third-order valence-corrected chi connectivity index (χ3v) is 4.70. The molecule has 1 aromatic carbocycles. The Labute approximate surface area is 149 Å². The first kappa shape index (κ1) is 17.3. The van der Waals surface area contributed by atoms with Crippen LogP contribution in [0.5, 0.6) is 0 Å². The molecule has 1 N–H and O–H groups in total. The van der Waals surface area contributed by atoms with E-state index in [1.54, 1.807) is 4.57 Å². The number of hydrogen-bond acceptors (Lipinski definition) is 5. The van der Waals surface area contributed by atoms with Crippen molar-refractivity contribution in [2.24, 2.45) is 5.92 Å². The van der Waals surface area contributed by atoms with Crippen LogP contribution in [0.1, 0.15) is 25.8 Å². The fourth-order valence-electron chi connectivity index (χ4n) is 2.77. The van der Waals surface area contributed by atoms with Gasteiger partial charge in [-0.15, -0.1) is 10.2 Å². The summed E-state index contributed by atoms with van der Waals surface area (Å²) in [7, 11) is 0. The highest BCUT2D eigenvalue weighted by Crippen LogP contribution is 2.18. The van der Waals surface area contributed by atoms with E-state index >= 15 is 0 Å². The van der Waals surface area contributed by atoms with Crippen LogP contribution < -0.4 is 11.0 Å². The molecule has 0 fully saturated rings. The monoisotopic (exact) mass is 359 g/mol. The Kier molecular flexibility index (Phi) is 4.98. The Hall–Kier alpha value is -2.48. The van der Waals surface area contributed by atoms with Gasteiger partial charge < -0.3 is 0 Å². The number of fused-ring (bicyclic) bond motifs is 1. The number of hydrogen-bond donors (Lipinski definition) is 1. The number of benzene rings is 1. The zero-order chi connectivity index (χ0) is 18.0. The van der Waals surface area contributed by atoms with Gasteiger partial charge in [-0.3, -0.25) is 19.2 Å². The Morgan fingerprint density at radius 2 is 1.88 bits per heavy atom. The van der Waals surface area contributed by atoms with Crippen molar-refractivity contribution in [2.45, 2.75) is 40.3 Å². The van der Waals surface area contributed by atoms with Gasteiger partial charge in [0.1, 0.15) is 11.6 Å². The lowest BCUT2D eigenvalue weighted by molar-refractivity contribution is -0.116. The first-order valence-corrected chi connectivity index (χ1v) is 9.11. The van der Waals surface area contributed by atoms with E-state index in [0.29, 0.717) is 17.6 Å².